The van der Waals surface area contributed by atoms with Crippen molar-refractivity contribution in [1.82, 2.24) is 20.0 Å². The molecule has 1 aromatic carbocycles. The van der Waals surface area contributed by atoms with Crippen LogP contribution in [-0.2, 0) is 9.59 Å². The Morgan fingerprint density at radius 1 is 1.03 bits per heavy atom. The van der Waals surface area contributed by atoms with Crippen LogP contribution in [0.1, 0.15) is 40.0 Å². The molecule has 0 atom stereocenters. The minimum absolute atomic E-state index is 0.0101. The van der Waals surface area contributed by atoms with Crippen molar-refractivity contribution in [2.75, 3.05) is 58.4 Å². The molecule has 9 nitrogen and oxygen atoms in total. The van der Waals surface area contributed by atoms with E-state index in [0.29, 0.717) is 56.3 Å². The molecule has 0 aliphatic carbocycles. The van der Waals surface area contributed by atoms with Crippen LogP contribution in [0.4, 0.5) is 5.82 Å². The molecule has 2 amide bonds. The van der Waals surface area contributed by atoms with Gasteiger partial charge in [-0.05, 0) is 36.6 Å². The minimum Gasteiger partial charge on any atom is -0.497 e. The van der Waals surface area contributed by atoms with Crippen LogP contribution >= 0.6 is 0 Å². The van der Waals surface area contributed by atoms with Crippen molar-refractivity contribution < 1.29 is 19.1 Å². The summed E-state index contributed by atoms with van der Waals surface area (Å²) in [6.45, 7) is 9.46. The number of ether oxygens (including phenoxy) is 2. The van der Waals surface area contributed by atoms with Gasteiger partial charge >= 0.3 is 0 Å². The smallest absolute Gasteiger partial charge is 0.242 e. The molecule has 3 rings (SSSR count). The van der Waals surface area contributed by atoms with E-state index in [1.54, 1.807) is 19.1 Å². The molecule has 1 aromatic heterocycles. The summed E-state index contributed by atoms with van der Waals surface area (Å²) in [6.07, 6.45) is 2.37. The second-order valence-electron chi connectivity index (χ2n) is 9.48. The van der Waals surface area contributed by atoms with E-state index in [2.05, 4.69) is 22.0 Å². The first-order chi connectivity index (χ1) is 17.4. The zero-order chi connectivity index (χ0) is 26.1. The number of carbonyl (C=O) groups is 2. The lowest BCUT2D eigenvalue weighted by atomic mass is 10.1. The van der Waals surface area contributed by atoms with Gasteiger partial charge in [0.2, 0.25) is 11.8 Å². The SMILES string of the molecule is CCCCN(CC(=O)N1CCN(c2ccc(-c3ccc(OC)cc3OC)nn2)CC1)C(=O)CC(C)C. The Balaban J connectivity index is 1.58. The second kappa shape index (κ2) is 13.1. The maximum atomic E-state index is 13.0. The van der Waals surface area contributed by atoms with E-state index in [0.717, 1.165) is 24.2 Å². The fraction of sp³-hybridized carbons (Fsp3) is 0.556. The van der Waals surface area contributed by atoms with Gasteiger partial charge in [0, 0.05) is 50.8 Å². The number of benzene rings is 1. The van der Waals surface area contributed by atoms with Crippen molar-refractivity contribution in [3.8, 4) is 22.8 Å². The molecule has 1 saturated heterocycles. The van der Waals surface area contributed by atoms with Crippen LogP contribution in [-0.4, -0.2) is 85.3 Å². The summed E-state index contributed by atoms with van der Waals surface area (Å²) in [6, 6.07) is 9.46. The molecule has 0 saturated carbocycles. The summed E-state index contributed by atoms with van der Waals surface area (Å²) in [5, 5.41) is 8.85. The maximum Gasteiger partial charge on any atom is 0.242 e. The summed E-state index contributed by atoms with van der Waals surface area (Å²) in [7, 11) is 3.23. The number of hydrogen-bond acceptors (Lipinski definition) is 7. The van der Waals surface area contributed by atoms with E-state index in [4.69, 9.17) is 9.47 Å². The lowest BCUT2D eigenvalue weighted by Gasteiger charge is -2.36. The molecular formula is C27H39N5O4. The first kappa shape index (κ1) is 27.2. The quantitative estimate of drug-likeness (QED) is 0.470. The van der Waals surface area contributed by atoms with Crippen molar-refractivity contribution >= 4 is 17.6 Å². The predicted molar refractivity (Wildman–Crippen MR) is 140 cm³/mol. The Morgan fingerprint density at radius 2 is 1.78 bits per heavy atom. The molecule has 1 fully saturated rings. The molecule has 196 valence electrons. The van der Waals surface area contributed by atoms with Gasteiger partial charge in [-0.2, -0.15) is 0 Å². The van der Waals surface area contributed by atoms with Crippen LogP contribution in [0.25, 0.3) is 11.3 Å². The van der Waals surface area contributed by atoms with Crippen molar-refractivity contribution in [1.29, 1.82) is 0 Å². The Bertz CT molecular complexity index is 1000. The van der Waals surface area contributed by atoms with Gasteiger partial charge in [0.1, 0.15) is 11.5 Å². The van der Waals surface area contributed by atoms with Crippen LogP contribution in [0.2, 0.25) is 0 Å². The fourth-order valence-electron chi connectivity index (χ4n) is 4.22. The minimum atomic E-state index is 0.0101. The van der Waals surface area contributed by atoms with Crippen molar-refractivity contribution in [3.05, 3.63) is 30.3 Å². The number of anilines is 1. The second-order valence-corrected chi connectivity index (χ2v) is 9.48. The molecule has 2 heterocycles. The van der Waals surface area contributed by atoms with Crippen LogP contribution in [0.15, 0.2) is 30.3 Å². The van der Waals surface area contributed by atoms with Gasteiger partial charge in [0.25, 0.3) is 0 Å². The number of amides is 2. The fourth-order valence-corrected chi connectivity index (χ4v) is 4.22. The van der Waals surface area contributed by atoms with E-state index in [-0.39, 0.29) is 24.3 Å². The number of piperazine rings is 1. The van der Waals surface area contributed by atoms with Gasteiger partial charge < -0.3 is 24.2 Å². The van der Waals surface area contributed by atoms with Gasteiger partial charge in [-0.25, -0.2) is 0 Å². The number of carbonyl (C=O) groups excluding carboxylic acids is 2. The van der Waals surface area contributed by atoms with Gasteiger partial charge in [0.15, 0.2) is 5.82 Å². The lowest BCUT2D eigenvalue weighted by molar-refractivity contribution is -0.141. The lowest BCUT2D eigenvalue weighted by Crippen LogP contribution is -2.52. The Labute approximate surface area is 214 Å². The zero-order valence-electron chi connectivity index (χ0n) is 22.2. The number of methoxy groups -OCH3 is 2. The highest BCUT2D eigenvalue weighted by atomic mass is 16.5. The molecule has 0 bridgehead atoms. The standard InChI is InChI=1S/C27H39N5O4/c1-6-7-12-32(26(33)17-20(2)3)19-27(34)31-15-13-30(14-16-31)25-11-10-23(28-29-25)22-9-8-21(35-4)18-24(22)36-5/h8-11,18,20H,6-7,12-17,19H2,1-5H3. The third-order valence-corrected chi connectivity index (χ3v) is 6.33. The third-order valence-electron chi connectivity index (χ3n) is 6.33. The number of unbranched alkanes of at least 4 members (excludes halogenated alkanes) is 1. The normalized spacial score (nSPS) is 13.6. The van der Waals surface area contributed by atoms with E-state index in [1.165, 1.54) is 0 Å². The van der Waals surface area contributed by atoms with Crippen LogP contribution in [0.3, 0.4) is 0 Å². The number of aromatic nitrogens is 2. The topological polar surface area (TPSA) is 88.1 Å². The van der Waals surface area contributed by atoms with Gasteiger partial charge in [-0.3, -0.25) is 9.59 Å². The Hall–Kier alpha value is -3.36. The van der Waals surface area contributed by atoms with Crippen molar-refractivity contribution in [3.63, 3.8) is 0 Å². The molecule has 0 spiro atoms. The van der Waals surface area contributed by atoms with E-state index < -0.39 is 0 Å². The molecule has 2 aromatic rings. The predicted octanol–water partition coefficient (Wildman–Crippen LogP) is 3.48. The largest absolute Gasteiger partial charge is 0.497 e. The summed E-state index contributed by atoms with van der Waals surface area (Å²) in [4.78, 5) is 31.3. The summed E-state index contributed by atoms with van der Waals surface area (Å²) in [5.74, 6) is 2.51. The molecule has 0 radical (unpaired) electrons. The average Bonchev–Trinajstić information content (AvgIpc) is 2.90. The zero-order valence-corrected chi connectivity index (χ0v) is 22.2. The average molecular weight is 498 g/mol. The van der Waals surface area contributed by atoms with E-state index in [9.17, 15) is 9.59 Å². The molecule has 0 N–H and O–H groups in total. The first-order valence-electron chi connectivity index (χ1n) is 12.7. The number of rotatable bonds is 11. The third kappa shape index (κ3) is 7.08. The molecule has 36 heavy (non-hydrogen) atoms. The van der Waals surface area contributed by atoms with Crippen molar-refractivity contribution in [2.24, 2.45) is 5.92 Å². The van der Waals surface area contributed by atoms with Crippen LogP contribution < -0.4 is 14.4 Å². The van der Waals surface area contributed by atoms with E-state index in [1.807, 2.05) is 49.1 Å². The Morgan fingerprint density at radius 3 is 2.36 bits per heavy atom. The highest BCUT2D eigenvalue weighted by Gasteiger charge is 2.25. The van der Waals surface area contributed by atoms with Gasteiger partial charge in [-0.1, -0.05) is 27.2 Å². The monoisotopic (exact) mass is 497 g/mol. The molecule has 0 unspecified atom stereocenters. The Kier molecular flexibility index (Phi) is 9.90. The first-order valence-corrected chi connectivity index (χ1v) is 12.7. The molecule has 1 aliphatic rings. The summed E-state index contributed by atoms with van der Waals surface area (Å²) >= 11 is 0. The van der Waals surface area contributed by atoms with Gasteiger partial charge in [0.05, 0.1) is 26.5 Å². The highest BCUT2D eigenvalue weighted by molar-refractivity contribution is 5.85. The molecule has 1 aliphatic heterocycles. The highest BCUT2D eigenvalue weighted by Crippen LogP contribution is 2.32. The summed E-state index contributed by atoms with van der Waals surface area (Å²) in [5.41, 5.74) is 1.55. The number of hydrogen-bond donors (Lipinski definition) is 0. The maximum absolute atomic E-state index is 13.0. The van der Waals surface area contributed by atoms with Gasteiger partial charge in [-0.15, -0.1) is 10.2 Å². The van der Waals surface area contributed by atoms with E-state index >= 15 is 0 Å². The molecule has 9 heteroatoms. The molecular weight excluding hydrogens is 458 g/mol. The van der Waals surface area contributed by atoms with Crippen LogP contribution in [0, 0.1) is 5.92 Å². The number of nitrogens with zero attached hydrogens (tertiary/aromatic N) is 5. The van der Waals surface area contributed by atoms with Crippen LogP contribution in [0.5, 0.6) is 11.5 Å². The summed E-state index contributed by atoms with van der Waals surface area (Å²) < 4.78 is 10.8. The van der Waals surface area contributed by atoms with Crippen molar-refractivity contribution in [2.45, 2.75) is 40.0 Å².